The van der Waals surface area contributed by atoms with Gasteiger partial charge in [0.25, 0.3) is 5.91 Å². The monoisotopic (exact) mass is 382 g/mol. The van der Waals surface area contributed by atoms with Gasteiger partial charge in [-0.1, -0.05) is 36.4 Å². The van der Waals surface area contributed by atoms with E-state index in [0.29, 0.717) is 11.6 Å². The summed E-state index contributed by atoms with van der Waals surface area (Å²) in [6, 6.07) is 27.8. The molecule has 4 rings (SSSR count). The van der Waals surface area contributed by atoms with Crippen LogP contribution in [-0.4, -0.2) is 15.9 Å². The molecule has 0 saturated heterocycles. The van der Waals surface area contributed by atoms with E-state index in [0.717, 1.165) is 17.2 Å². The third-order valence-corrected chi connectivity index (χ3v) is 4.01. The molecule has 1 aromatic heterocycles. The van der Waals surface area contributed by atoms with Crippen LogP contribution in [0.15, 0.2) is 97.2 Å². The molecule has 29 heavy (non-hydrogen) atoms. The van der Waals surface area contributed by atoms with E-state index in [4.69, 9.17) is 4.74 Å². The van der Waals surface area contributed by atoms with Gasteiger partial charge in [0.05, 0.1) is 0 Å². The number of para-hydroxylation sites is 2. The fourth-order valence-electron chi connectivity index (χ4n) is 2.62. The quantitative estimate of drug-likeness (QED) is 0.475. The topological polar surface area (TPSA) is 76.1 Å². The Morgan fingerprint density at radius 2 is 1.38 bits per heavy atom. The molecule has 0 unspecified atom stereocenters. The Balaban J connectivity index is 1.42. The van der Waals surface area contributed by atoms with Crippen molar-refractivity contribution in [3.8, 4) is 11.5 Å². The molecular formula is C23H18N4O2. The maximum absolute atomic E-state index is 12.4. The van der Waals surface area contributed by atoms with Crippen molar-refractivity contribution in [3.05, 3.63) is 103 Å². The van der Waals surface area contributed by atoms with Gasteiger partial charge in [-0.15, -0.1) is 0 Å². The lowest BCUT2D eigenvalue weighted by Crippen LogP contribution is -2.14. The molecule has 0 aliphatic rings. The van der Waals surface area contributed by atoms with E-state index in [9.17, 15) is 4.79 Å². The normalized spacial score (nSPS) is 10.2. The van der Waals surface area contributed by atoms with Crippen LogP contribution < -0.4 is 15.4 Å². The Hall–Kier alpha value is -4.19. The first-order valence-electron chi connectivity index (χ1n) is 9.06. The Labute approximate surface area is 168 Å². The van der Waals surface area contributed by atoms with Crippen LogP contribution in [0.3, 0.4) is 0 Å². The summed E-state index contributed by atoms with van der Waals surface area (Å²) in [7, 11) is 0. The number of benzene rings is 3. The minimum absolute atomic E-state index is 0.274. The molecule has 0 atom stereocenters. The lowest BCUT2D eigenvalue weighted by molar-refractivity contribution is 0.102. The zero-order valence-corrected chi connectivity index (χ0v) is 15.4. The molecule has 0 radical (unpaired) electrons. The van der Waals surface area contributed by atoms with Crippen molar-refractivity contribution in [2.45, 2.75) is 0 Å². The predicted molar refractivity (Wildman–Crippen MR) is 113 cm³/mol. The van der Waals surface area contributed by atoms with Crippen molar-refractivity contribution < 1.29 is 9.53 Å². The molecule has 142 valence electrons. The van der Waals surface area contributed by atoms with Crippen molar-refractivity contribution in [1.82, 2.24) is 9.97 Å². The number of nitrogens with zero attached hydrogens (tertiary/aromatic N) is 2. The summed E-state index contributed by atoms with van der Waals surface area (Å²) >= 11 is 0. The first kappa shape index (κ1) is 18.2. The minimum atomic E-state index is -0.298. The van der Waals surface area contributed by atoms with Crippen molar-refractivity contribution >= 4 is 23.2 Å². The van der Waals surface area contributed by atoms with Gasteiger partial charge in [0.1, 0.15) is 17.2 Å². The van der Waals surface area contributed by atoms with Gasteiger partial charge in [0.2, 0.25) is 5.95 Å². The summed E-state index contributed by atoms with van der Waals surface area (Å²) in [5.74, 6) is 1.53. The van der Waals surface area contributed by atoms with E-state index >= 15 is 0 Å². The number of carbonyl (C=O) groups excluding carboxylic acids is 1. The van der Waals surface area contributed by atoms with Gasteiger partial charge >= 0.3 is 0 Å². The predicted octanol–water partition coefficient (Wildman–Crippen LogP) is 5.26. The largest absolute Gasteiger partial charge is 0.457 e. The summed E-state index contributed by atoms with van der Waals surface area (Å²) < 4.78 is 5.78. The Bertz CT molecular complexity index is 1080. The van der Waals surface area contributed by atoms with Gasteiger partial charge in [0.15, 0.2) is 0 Å². The average Bonchev–Trinajstić information content (AvgIpc) is 2.77. The summed E-state index contributed by atoms with van der Waals surface area (Å²) in [6.07, 6.45) is 1.54. The molecule has 0 aliphatic heterocycles. The maximum atomic E-state index is 12.4. The summed E-state index contributed by atoms with van der Waals surface area (Å²) in [6.45, 7) is 0. The molecule has 1 heterocycles. The number of hydrogen-bond donors (Lipinski definition) is 2. The third kappa shape index (κ3) is 4.95. The first-order valence-corrected chi connectivity index (χ1v) is 9.06. The summed E-state index contributed by atoms with van der Waals surface area (Å²) in [5.41, 5.74) is 1.76. The minimum Gasteiger partial charge on any atom is -0.457 e. The fraction of sp³-hybridized carbons (Fsp3) is 0. The lowest BCUT2D eigenvalue weighted by atomic mass is 10.3. The van der Waals surface area contributed by atoms with Crippen LogP contribution in [-0.2, 0) is 0 Å². The van der Waals surface area contributed by atoms with E-state index in [1.165, 1.54) is 0 Å². The van der Waals surface area contributed by atoms with E-state index in [1.54, 1.807) is 12.3 Å². The lowest BCUT2D eigenvalue weighted by Gasteiger charge is -2.09. The molecule has 6 nitrogen and oxygen atoms in total. The number of rotatable bonds is 6. The van der Waals surface area contributed by atoms with Crippen molar-refractivity contribution in [2.24, 2.45) is 0 Å². The van der Waals surface area contributed by atoms with E-state index < -0.39 is 0 Å². The van der Waals surface area contributed by atoms with Crippen LogP contribution in [0.5, 0.6) is 11.5 Å². The molecule has 2 N–H and O–H groups in total. The number of amides is 1. The molecule has 0 saturated carbocycles. The maximum Gasteiger partial charge on any atom is 0.274 e. The van der Waals surface area contributed by atoms with Gasteiger partial charge in [-0.25, -0.2) is 9.97 Å². The van der Waals surface area contributed by atoms with Gasteiger partial charge < -0.3 is 15.4 Å². The van der Waals surface area contributed by atoms with Gasteiger partial charge in [-0.05, 0) is 54.6 Å². The molecule has 0 spiro atoms. The summed E-state index contributed by atoms with van der Waals surface area (Å²) in [4.78, 5) is 20.9. The highest BCUT2D eigenvalue weighted by atomic mass is 16.5. The molecular weight excluding hydrogens is 364 g/mol. The molecule has 6 heteroatoms. The van der Waals surface area contributed by atoms with Crippen LogP contribution in [0.25, 0.3) is 0 Å². The zero-order valence-electron chi connectivity index (χ0n) is 15.4. The van der Waals surface area contributed by atoms with E-state index in [-0.39, 0.29) is 11.6 Å². The zero-order chi connectivity index (χ0) is 19.9. The van der Waals surface area contributed by atoms with E-state index in [1.807, 2.05) is 84.9 Å². The number of nitrogens with one attached hydrogen (secondary N) is 2. The molecule has 0 fully saturated rings. The fourth-order valence-corrected chi connectivity index (χ4v) is 2.62. The van der Waals surface area contributed by atoms with Crippen LogP contribution in [0, 0.1) is 0 Å². The Morgan fingerprint density at radius 3 is 2.10 bits per heavy atom. The standard InChI is InChI=1S/C23H18N4O2/c28-22(25-17-7-3-1-4-8-17)21-15-16-24-23(27-21)26-18-11-13-20(14-12-18)29-19-9-5-2-6-10-19/h1-16H,(H,25,28)(H,24,26,27). The van der Waals surface area contributed by atoms with Gasteiger partial charge in [-0.3, -0.25) is 4.79 Å². The number of carbonyl (C=O) groups is 1. The SMILES string of the molecule is O=C(Nc1ccccc1)c1ccnc(Nc2ccc(Oc3ccccc3)cc2)n1. The molecule has 0 bridgehead atoms. The number of hydrogen-bond acceptors (Lipinski definition) is 5. The van der Waals surface area contributed by atoms with Crippen LogP contribution >= 0.6 is 0 Å². The molecule has 3 aromatic carbocycles. The van der Waals surface area contributed by atoms with Crippen LogP contribution in [0.2, 0.25) is 0 Å². The van der Waals surface area contributed by atoms with Gasteiger partial charge in [-0.2, -0.15) is 0 Å². The van der Waals surface area contributed by atoms with Crippen molar-refractivity contribution in [2.75, 3.05) is 10.6 Å². The Kier molecular flexibility index (Phi) is 5.43. The van der Waals surface area contributed by atoms with E-state index in [2.05, 4.69) is 20.6 Å². The second-order valence-electron chi connectivity index (χ2n) is 6.15. The highest BCUT2D eigenvalue weighted by Crippen LogP contribution is 2.23. The average molecular weight is 382 g/mol. The highest BCUT2D eigenvalue weighted by Gasteiger charge is 2.09. The second kappa shape index (κ2) is 8.67. The summed E-state index contributed by atoms with van der Waals surface area (Å²) in [5, 5.41) is 5.90. The molecule has 4 aromatic rings. The smallest absolute Gasteiger partial charge is 0.274 e. The number of ether oxygens (including phenoxy) is 1. The first-order chi connectivity index (χ1) is 14.3. The number of aromatic nitrogens is 2. The molecule has 0 aliphatic carbocycles. The Morgan fingerprint density at radius 1 is 0.724 bits per heavy atom. The van der Waals surface area contributed by atoms with Crippen LogP contribution in [0.4, 0.5) is 17.3 Å². The second-order valence-corrected chi connectivity index (χ2v) is 6.15. The highest BCUT2D eigenvalue weighted by molar-refractivity contribution is 6.02. The van der Waals surface area contributed by atoms with Crippen molar-refractivity contribution in [3.63, 3.8) is 0 Å². The molecule has 1 amide bonds. The third-order valence-electron chi connectivity index (χ3n) is 4.01. The number of anilines is 3. The van der Waals surface area contributed by atoms with Gasteiger partial charge in [0, 0.05) is 17.6 Å². The van der Waals surface area contributed by atoms with Crippen molar-refractivity contribution in [1.29, 1.82) is 0 Å². The van der Waals surface area contributed by atoms with Crippen LogP contribution in [0.1, 0.15) is 10.5 Å².